The van der Waals surface area contributed by atoms with E-state index in [0.29, 0.717) is 17.4 Å². The number of carbonyl (C=O) groups excluding carboxylic acids is 1. The molecule has 29 heavy (non-hydrogen) atoms. The predicted molar refractivity (Wildman–Crippen MR) is 117 cm³/mol. The van der Waals surface area contributed by atoms with Crippen LogP contribution in [0.2, 0.25) is 0 Å². The van der Waals surface area contributed by atoms with Crippen molar-refractivity contribution in [3.05, 3.63) is 59.2 Å². The molecule has 156 valence electrons. The fraction of sp³-hybridized carbons (Fsp3) is 0.458. The first-order valence-corrected chi connectivity index (χ1v) is 10.2. The first-order chi connectivity index (χ1) is 13.7. The van der Waals surface area contributed by atoms with Crippen LogP contribution in [0.15, 0.2) is 42.5 Å². The van der Waals surface area contributed by atoms with E-state index in [0.717, 1.165) is 43.6 Å². The summed E-state index contributed by atoms with van der Waals surface area (Å²) in [6.45, 7) is 3.26. The van der Waals surface area contributed by atoms with E-state index in [2.05, 4.69) is 35.2 Å². The Labute approximate surface area is 179 Å². The van der Waals surface area contributed by atoms with E-state index in [4.69, 9.17) is 9.47 Å². The van der Waals surface area contributed by atoms with Gasteiger partial charge in [-0.2, -0.15) is 0 Å². The number of piperidine rings is 1. The highest BCUT2D eigenvalue weighted by atomic mass is 35.5. The Bertz CT molecular complexity index is 832. The molecule has 0 aromatic heterocycles. The number of methoxy groups -OCH3 is 2. The zero-order chi connectivity index (χ0) is 19.5. The zero-order valence-electron chi connectivity index (χ0n) is 17.2. The van der Waals surface area contributed by atoms with Gasteiger partial charge in [-0.3, -0.25) is 9.69 Å². The highest BCUT2D eigenvalue weighted by molar-refractivity contribution is 6.05. The van der Waals surface area contributed by atoms with Crippen molar-refractivity contribution >= 4 is 18.2 Å². The summed E-state index contributed by atoms with van der Waals surface area (Å²) in [5.41, 5.74) is 3.23. The lowest BCUT2D eigenvalue weighted by Gasteiger charge is -2.33. The van der Waals surface area contributed by atoms with Crippen LogP contribution in [0.25, 0.3) is 0 Å². The van der Waals surface area contributed by atoms with E-state index in [9.17, 15) is 4.79 Å². The summed E-state index contributed by atoms with van der Waals surface area (Å²) in [7, 11) is 3.23. The molecule has 0 spiro atoms. The summed E-state index contributed by atoms with van der Waals surface area (Å²) in [4.78, 5) is 15.6. The first-order valence-electron chi connectivity index (χ1n) is 10.2. The van der Waals surface area contributed by atoms with E-state index >= 15 is 0 Å². The standard InChI is InChI=1S/C24H29NO3.ClH/c1-27-21-9-8-19-15-20(23(26)22(19)24(21)28-2)14-17-10-12-25(13-11-17)16-18-6-4-3-5-7-18;/h3-9,17,20H,10-16H2,1-2H3;1H. The molecule has 2 aromatic carbocycles. The van der Waals surface area contributed by atoms with Crippen LogP contribution < -0.4 is 9.47 Å². The molecule has 0 saturated carbocycles. The van der Waals surface area contributed by atoms with Crippen LogP contribution in [0.5, 0.6) is 11.5 Å². The second-order valence-electron chi connectivity index (χ2n) is 8.04. The van der Waals surface area contributed by atoms with Gasteiger partial charge in [0.05, 0.1) is 19.8 Å². The van der Waals surface area contributed by atoms with E-state index in [-0.39, 0.29) is 24.1 Å². The number of fused-ring (bicyclic) bond motifs is 1. The van der Waals surface area contributed by atoms with Crippen LogP contribution in [0.4, 0.5) is 0 Å². The van der Waals surface area contributed by atoms with Gasteiger partial charge >= 0.3 is 0 Å². The number of ketones is 1. The molecule has 0 amide bonds. The summed E-state index contributed by atoms with van der Waals surface area (Å²) in [5, 5.41) is 0. The normalized spacial score (nSPS) is 19.5. The van der Waals surface area contributed by atoms with Gasteiger partial charge in [-0.15, -0.1) is 12.4 Å². The molecule has 1 atom stereocenters. The number of carbonyl (C=O) groups is 1. The quantitative estimate of drug-likeness (QED) is 0.680. The number of rotatable bonds is 6. The summed E-state index contributed by atoms with van der Waals surface area (Å²) >= 11 is 0. The van der Waals surface area contributed by atoms with Gasteiger partial charge in [0, 0.05) is 12.5 Å². The van der Waals surface area contributed by atoms with Crippen molar-refractivity contribution in [1.82, 2.24) is 4.90 Å². The van der Waals surface area contributed by atoms with E-state index in [1.807, 2.05) is 12.1 Å². The summed E-state index contributed by atoms with van der Waals surface area (Å²) in [6.07, 6.45) is 4.16. The molecule has 1 saturated heterocycles. The van der Waals surface area contributed by atoms with Crippen molar-refractivity contribution in [2.75, 3.05) is 27.3 Å². The molecule has 0 bridgehead atoms. The minimum Gasteiger partial charge on any atom is -0.493 e. The van der Waals surface area contributed by atoms with E-state index in [1.165, 1.54) is 18.4 Å². The fourth-order valence-electron chi connectivity index (χ4n) is 4.78. The molecule has 1 unspecified atom stereocenters. The number of Topliss-reactive ketones (excluding diaryl/α,β-unsaturated/α-hetero) is 1. The number of nitrogens with zero attached hydrogens (tertiary/aromatic N) is 1. The van der Waals surface area contributed by atoms with Crippen molar-refractivity contribution in [2.45, 2.75) is 32.2 Å². The van der Waals surface area contributed by atoms with E-state index < -0.39 is 0 Å². The highest BCUT2D eigenvalue weighted by Crippen LogP contribution is 2.42. The van der Waals surface area contributed by atoms with Crippen molar-refractivity contribution in [1.29, 1.82) is 0 Å². The molecular formula is C24H30ClNO3. The lowest BCUT2D eigenvalue weighted by Crippen LogP contribution is -2.34. The second kappa shape index (κ2) is 9.64. The number of benzene rings is 2. The van der Waals surface area contributed by atoms with Gasteiger partial charge < -0.3 is 9.47 Å². The van der Waals surface area contributed by atoms with Crippen LogP contribution in [0, 0.1) is 11.8 Å². The van der Waals surface area contributed by atoms with Crippen LogP contribution in [0.1, 0.15) is 40.7 Å². The maximum atomic E-state index is 13.1. The molecule has 1 aliphatic heterocycles. The average Bonchev–Trinajstić information content (AvgIpc) is 3.05. The topological polar surface area (TPSA) is 38.8 Å². The van der Waals surface area contributed by atoms with Crippen LogP contribution in [0.3, 0.4) is 0 Å². The van der Waals surface area contributed by atoms with Crippen LogP contribution in [-0.4, -0.2) is 38.0 Å². The van der Waals surface area contributed by atoms with Gasteiger partial charge in [0.1, 0.15) is 0 Å². The van der Waals surface area contributed by atoms with Gasteiger partial charge in [0.2, 0.25) is 0 Å². The Morgan fingerprint density at radius 3 is 2.38 bits per heavy atom. The summed E-state index contributed by atoms with van der Waals surface area (Å²) in [5.74, 6) is 2.19. The third kappa shape index (κ3) is 4.59. The average molecular weight is 416 g/mol. The Hall–Kier alpha value is -2.04. The third-order valence-electron chi connectivity index (χ3n) is 6.29. The van der Waals surface area contributed by atoms with Crippen LogP contribution >= 0.6 is 12.4 Å². The van der Waals surface area contributed by atoms with Gasteiger partial charge in [0.15, 0.2) is 17.3 Å². The number of hydrogen-bond acceptors (Lipinski definition) is 4. The predicted octanol–water partition coefficient (Wildman–Crippen LogP) is 4.78. The van der Waals surface area contributed by atoms with Crippen LogP contribution in [-0.2, 0) is 13.0 Å². The molecule has 5 heteroatoms. The zero-order valence-corrected chi connectivity index (χ0v) is 18.0. The Morgan fingerprint density at radius 2 is 1.72 bits per heavy atom. The molecule has 0 N–H and O–H groups in total. The van der Waals surface area contributed by atoms with Gasteiger partial charge in [-0.1, -0.05) is 36.4 Å². The van der Waals surface area contributed by atoms with Gasteiger partial charge in [-0.25, -0.2) is 0 Å². The lowest BCUT2D eigenvalue weighted by molar-refractivity contribution is 0.0893. The minimum atomic E-state index is 0. The largest absolute Gasteiger partial charge is 0.493 e. The second-order valence-corrected chi connectivity index (χ2v) is 8.04. The Kier molecular flexibility index (Phi) is 7.20. The van der Waals surface area contributed by atoms with Crippen molar-refractivity contribution in [2.24, 2.45) is 11.8 Å². The molecule has 0 radical (unpaired) electrons. The monoisotopic (exact) mass is 415 g/mol. The molecule has 1 fully saturated rings. The number of hydrogen-bond donors (Lipinski definition) is 0. The molecular weight excluding hydrogens is 386 g/mol. The maximum Gasteiger partial charge on any atom is 0.171 e. The number of ether oxygens (including phenoxy) is 2. The number of likely N-dealkylation sites (tertiary alicyclic amines) is 1. The number of halogens is 1. The SMILES string of the molecule is COc1ccc2c(c1OC)C(=O)C(CC1CCN(Cc3ccccc3)CC1)C2.Cl. The van der Waals surface area contributed by atoms with Gasteiger partial charge in [0.25, 0.3) is 0 Å². The Morgan fingerprint density at radius 1 is 1.00 bits per heavy atom. The molecule has 1 aliphatic carbocycles. The van der Waals surface area contributed by atoms with Crippen molar-refractivity contribution in [3.63, 3.8) is 0 Å². The molecule has 4 rings (SSSR count). The van der Waals surface area contributed by atoms with E-state index in [1.54, 1.807) is 14.2 Å². The van der Waals surface area contributed by atoms with Crippen molar-refractivity contribution < 1.29 is 14.3 Å². The van der Waals surface area contributed by atoms with Gasteiger partial charge in [-0.05, 0) is 61.9 Å². The maximum absolute atomic E-state index is 13.1. The third-order valence-corrected chi connectivity index (χ3v) is 6.29. The first kappa shape index (κ1) is 21.7. The molecule has 2 aromatic rings. The minimum absolute atomic E-state index is 0. The summed E-state index contributed by atoms with van der Waals surface area (Å²) < 4.78 is 10.9. The smallest absolute Gasteiger partial charge is 0.171 e. The lowest BCUT2D eigenvalue weighted by atomic mass is 9.85. The summed E-state index contributed by atoms with van der Waals surface area (Å²) in [6, 6.07) is 14.6. The highest BCUT2D eigenvalue weighted by Gasteiger charge is 2.36. The Balaban J connectivity index is 0.00000240. The fourth-order valence-corrected chi connectivity index (χ4v) is 4.78. The molecule has 1 heterocycles. The molecule has 4 nitrogen and oxygen atoms in total. The molecule has 2 aliphatic rings. The van der Waals surface area contributed by atoms with Crippen molar-refractivity contribution in [3.8, 4) is 11.5 Å².